The SMILES string of the molecule is CCOC(=O)N(C=N)c1cccc(-n2nc(C(F)(F)F)cc2C(=O)Nc2cc(C(CCC3CC3)(N[S+]([O-])C(C)(C)C)c3cccnc3)ccc2F)c1. The Kier molecular flexibility index (Phi) is 11.4. The summed E-state index contributed by atoms with van der Waals surface area (Å²) in [6.45, 7) is 7.02. The van der Waals surface area contributed by atoms with E-state index in [1.165, 1.54) is 36.4 Å². The number of nitrogens with one attached hydrogen (secondary N) is 3. The Bertz CT molecular complexity index is 1910. The third-order valence-corrected chi connectivity index (χ3v) is 10.1. The van der Waals surface area contributed by atoms with E-state index in [1.54, 1.807) is 25.4 Å². The summed E-state index contributed by atoms with van der Waals surface area (Å²) < 4.78 is 79.5. The van der Waals surface area contributed by atoms with Crippen LogP contribution in [0.3, 0.4) is 0 Å². The lowest BCUT2D eigenvalue weighted by atomic mass is 9.80. The first-order valence-electron chi connectivity index (χ1n) is 16.5. The summed E-state index contributed by atoms with van der Waals surface area (Å²) >= 11 is -1.62. The fraction of sp³-hybridized carbons (Fsp3) is 0.361. The van der Waals surface area contributed by atoms with Crippen molar-refractivity contribution in [2.75, 3.05) is 16.8 Å². The molecular formula is C36H39F4N7O4S. The number of anilines is 2. The van der Waals surface area contributed by atoms with Crippen molar-refractivity contribution in [2.45, 2.75) is 69.8 Å². The third-order valence-electron chi connectivity index (χ3n) is 8.49. The van der Waals surface area contributed by atoms with Gasteiger partial charge in [-0.05, 0) is 94.0 Å². The quantitative estimate of drug-likeness (QED) is 0.0550. The zero-order valence-electron chi connectivity index (χ0n) is 29.0. The van der Waals surface area contributed by atoms with Crippen LogP contribution in [0.25, 0.3) is 5.69 Å². The minimum atomic E-state index is -4.95. The summed E-state index contributed by atoms with van der Waals surface area (Å²) in [5, 5.41) is 13.7. The molecule has 0 aliphatic heterocycles. The molecule has 0 bridgehead atoms. The van der Waals surface area contributed by atoms with Crippen LogP contribution >= 0.6 is 0 Å². The van der Waals surface area contributed by atoms with Crippen molar-refractivity contribution in [1.29, 1.82) is 5.41 Å². The van der Waals surface area contributed by atoms with Crippen molar-refractivity contribution in [2.24, 2.45) is 5.92 Å². The van der Waals surface area contributed by atoms with Crippen molar-refractivity contribution in [3.63, 3.8) is 0 Å². The molecule has 0 spiro atoms. The zero-order chi connectivity index (χ0) is 37.8. The van der Waals surface area contributed by atoms with Gasteiger partial charge in [-0.25, -0.2) is 18.8 Å². The molecule has 11 nitrogen and oxygen atoms in total. The largest absolute Gasteiger partial charge is 0.598 e. The van der Waals surface area contributed by atoms with E-state index < -0.39 is 57.0 Å². The average Bonchev–Trinajstić information content (AvgIpc) is 3.81. The second-order valence-electron chi connectivity index (χ2n) is 13.3. The fourth-order valence-corrected chi connectivity index (χ4v) is 6.49. The van der Waals surface area contributed by atoms with E-state index in [4.69, 9.17) is 10.1 Å². The molecule has 1 fully saturated rings. The predicted octanol–water partition coefficient (Wildman–Crippen LogP) is 7.73. The van der Waals surface area contributed by atoms with E-state index in [0.717, 1.165) is 34.9 Å². The highest BCUT2D eigenvalue weighted by atomic mass is 32.2. The van der Waals surface area contributed by atoms with Gasteiger partial charge in [0.15, 0.2) is 5.69 Å². The molecule has 276 valence electrons. The van der Waals surface area contributed by atoms with E-state index in [-0.39, 0.29) is 23.7 Å². The van der Waals surface area contributed by atoms with E-state index in [9.17, 15) is 27.3 Å². The molecule has 2 atom stereocenters. The van der Waals surface area contributed by atoms with Gasteiger partial charge in [0.2, 0.25) is 0 Å². The Hall–Kier alpha value is -4.80. The lowest BCUT2D eigenvalue weighted by molar-refractivity contribution is -0.141. The molecule has 2 aromatic heterocycles. The first-order chi connectivity index (χ1) is 24.6. The number of hydrogen-bond donors (Lipinski definition) is 3. The third kappa shape index (κ3) is 8.62. The number of rotatable bonds is 13. The predicted molar refractivity (Wildman–Crippen MR) is 189 cm³/mol. The minimum Gasteiger partial charge on any atom is -0.598 e. The molecule has 2 heterocycles. The fourth-order valence-electron chi connectivity index (χ4n) is 5.53. The molecule has 2 amide bonds. The van der Waals surface area contributed by atoms with Gasteiger partial charge in [-0.1, -0.05) is 31.0 Å². The van der Waals surface area contributed by atoms with Crippen LogP contribution in [0.4, 0.5) is 33.7 Å². The van der Waals surface area contributed by atoms with E-state index >= 15 is 4.39 Å². The van der Waals surface area contributed by atoms with Crippen LogP contribution in [-0.2, 0) is 27.8 Å². The number of halogens is 4. The molecular weight excluding hydrogens is 702 g/mol. The Morgan fingerprint density at radius 1 is 1.10 bits per heavy atom. The van der Waals surface area contributed by atoms with Crippen LogP contribution in [0.5, 0.6) is 0 Å². The van der Waals surface area contributed by atoms with Crippen LogP contribution in [-0.4, -0.2) is 49.0 Å². The van der Waals surface area contributed by atoms with Gasteiger partial charge in [-0.3, -0.25) is 15.2 Å². The van der Waals surface area contributed by atoms with Gasteiger partial charge >= 0.3 is 12.3 Å². The Morgan fingerprint density at radius 3 is 2.46 bits per heavy atom. The van der Waals surface area contributed by atoms with Crippen LogP contribution in [0.1, 0.15) is 80.7 Å². The smallest absolute Gasteiger partial charge is 0.435 e. The van der Waals surface area contributed by atoms with Gasteiger partial charge < -0.3 is 14.6 Å². The summed E-state index contributed by atoms with van der Waals surface area (Å²) in [4.78, 5) is 31.3. The number of aromatic nitrogens is 3. The molecule has 4 aromatic rings. The van der Waals surface area contributed by atoms with Crippen LogP contribution in [0, 0.1) is 17.1 Å². The van der Waals surface area contributed by atoms with Gasteiger partial charge in [0.1, 0.15) is 21.8 Å². The van der Waals surface area contributed by atoms with Gasteiger partial charge in [0.25, 0.3) is 5.91 Å². The highest BCUT2D eigenvalue weighted by Gasteiger charge is 2.44. The molecule has 1 saturated carbocycles. The van der Waals surface area contributed by atoms with Crippen molar-refractivity contribution in [1.82, 2.24) is 19.5 Å². The van der Waals surface area contributed by atoms with Crippen LogP contribution < -0.4 is 14.9 Å². The summed E-state index contributed by atoms with van der Waals surface area (Å²) in [7, 11) is 0. The molecule has 1 aliphatic carbocycles. The Labute approximate surface area is 301 Å². The maximum atomic E-state index is 15.6. The molecule has 5 rings (SSSR count). The van der Waals surface area contributed by atoms with E-state index in [1.807, 2.05) is 26.8 Å². The number of alkyl halides is 3. The molecule has 3 N–H and O–H groups in total. The number of pyridine rings is 1. The molecule has 0 radical (unpaired) electrons. The van der Waals surface area contributed by atoms with Gasteiger partial charge in [-0.15, -0.1) is 4.72 Å². The van der Waals surface area contributed by atoms with Crippen molar-refractivity contribution in [3.8, 4) is 5.69 Å². The number of benzene rings is 2. The summed E-state index contributed by atoms with van der Waals surface area (Å²) in [5.41, 5.74) is -2.36. The van der Waals surface area contributed by atoms with Crippen molar-refractivity contribution >= 4 is 41.1 Å². The number of hydrogen-bond acceptors (Lipinski definition) is 8. The molecule has 0 saturated heterocycles. The van der Waals surface area contributed by atoms with Gasteiger partial charge in [0, 0.05) is 29.8 Å². The molecule has 52 heavy (non-hydrogen) atoms. The summed E-state index contributed by atoms with van der Waals surface area (Å²) in [6.07, 6.45) is 1.37. The topological polar surface area (TPSA) is 148 Å². The summed E-state index contributed by atoms with van der Waals surface area (Å²) in [6, 6.07) is 13.5. The molecule has 16 heteroatoms. The molecule has 2 unspecified atom stereocenters. The Balaban J connectivity index is 1.58. The monoisotopic (exact) mass is 741 g/mol. The zero-order valence-corrected chi connectivity index (χ0v) is 29.8. The molecule has 1 aliphatic rings. The maximum Gasteiger partial charge on any atom is 0.435 e. The van der Waals surface area contributed by atoms with Crippen molar-refractivity contribution < 1.29 is 36.4 Å². The standard InChI is InChI=1S/C36H39F4N7O4S/c1-5-51-33(49)46(22-41)26-9-6-10-27(19-26)47-30(20-31(44-47)36(38,39)40)32(48)43-29-18-24(13-14-28(29)37)35(16-15-23-11-12-23,25-8-7-17-42-21-25)45-52(50)34(2,3)4/h6-10,13-14,17-23,41,45H,5,11-12,15-16H2,1-4H3,(H,43,48). The van der Waals surface area contributed by atoms with E-state index in [0.29, 0.717) is 35.9 Å². The lowest BCUT2D eigenvalue weighted by Gasteiger charge is -2.38. The second kappa shape index (κ2) is 15.4. The first-order valence-corrected chi connectivity index (χ1v) is 17.7. The number of ether oxygens (including phenoxy) is 1. The first kappa shape index (κ1) is 38.4. The molecule has 2 aromatic carbocycles. The lowest BCUT2D eigenvalue weighted by Crippen LogP contribution is -2.52. The number of nitrogens with zero attached hydrogens (tertiary/aromatic N) is 4. The van der Waals surface area contributed by atoms with Crippen molar-refractivity contribution in [3.05, 3.63) is 101 Å². The number of carbonyl (C=O) groups excluding carboxylic acids is 2. The van der Waals surface area contributed by atoms with Crippen LogP contribution in [0.2, 0.25) is 0 Å². The van der Waals surface area contributed by atoms with Crippen LogP contribution in [0.15, 0.2) is 73.1 Å². The normalized spacial score (nSPS) is 15.0. The highest BCUT2D eigenvalue weighted by Crippen LogP contribution is 2.43. The second-order valence-corrected chi connectivity index (χ2v) is 15.3. The van der Waals surface area contributed by atoms with E-state index in [2.05, 4.69) is 20.1 Å². The number of carbonyl (C=O) groups is 2. The number of amides is 2. The maximum absolute atomic E-state index is 15.6. The van der Waals surface area contributed by atoms with Gasteiger partial charge in [-0.2, -0.15) is 18.3 Å². The summed E-state index contributed by atoms with van der Waals surface area (Å²) in [5.74, 6) is -1.52. The minimum absolute atomic E-state index is 0.00737. The Morgan fingerprint density at radius 2 is 1.85 bits per heavy atom. The van der Waals surface area contributed by atoms with Gasteiger partial charge in [0.05, 0.1) is 30.0 Å². The highest BCUT2D eigenvalue weighted by molar-refractivity contribution is 7.90. The average molecular weight is 742 g/mol.